The topological polar surface area (TPSA) is 83.1 Å². The maximum absolute atomic E-state index is 9.50. The Hall–Kier alpha value is -2.48. The predicted molar refractivity (Wildman–Crippen MR) is 93.5 cm³/mol. The van der Waals surface area contributed by atoms with Gasteiger partial charge in [0, 0.05) is 31.0 Å². The number of morpholine rings is 1. The highest BCUT2D eigenvalue weighted by Crippen LogP contribution is 2.30. The molecule has 0 bridgehead atoms. The van der Waals surface area contributed by atoms with Crippen molar-refractivity contribution in [2.45, 2.75) is 12.2 Å². The fraction of sp³-hybridized carbons (Fsp3) is 0.333. The van der Waals surface area contributed by atoms with Crippen molar-refractivity contribution < 1.29 is 14.9 Å². The first-order chi connectivity index (χ1) is 12.3. The van der Waals surface area contributed by atoms with Crippen molar-refractivity contribution in [3.8, 4) is 11.3 Å². The van der Waals surface area contributed by atoms with Crippen molar-refractivity contribution in [2.75, 3.05) is 31.2 Å². The molecule has 0 amide bonds. The summed E-state index contributed by atoms with van der Waals surface area (Å²) in [5, 5.41) is 19.0. The minimum absolute atomic E-state index is 0.0963. The fourth-order valence-electron chi connectivity index (χ4n) is 3.27. The summed E-state index contributed by atoms with van der Waals surface area (Å²) < 4.78 is 7.60. The summed E-state index contributed by atoms with van der Waals surface area (Å²) in [4.78, 5) is 11.2. The molecule has 3 aromatic rings. The lowest BCUT2D eigenvalue weighted by atomic mass is 10.1. The van der Waals surface area contributed by atoms with Crippen LogP contribution in [-0.2, 0) is 4.74 Å². The number of anilines is 1. The molecule has 25 heavy (non-hydrogen) atoms. The van der Waals surface area contributed by atoms with E-state index in [1.807, 2.05) is 40.9 Å². The normalized spacial score (nSPS) is 21.0. The van der Waals surface area contributed by atoms with E-state index in [9.17, 15) is 10.2 Å². The molecular formula is C18H20N4O3. The van der Waals surface area contributed by atoms with E-state index < -0.39 is 0 Å². The largest absolute Gasteiger partial charge is 0.394 e. The summed E-state index contributed by atoms with van der Waals surface area (Å²) in [7, 11) is 0. The third-order valence-corrected chi connectivity index (χ3v) is 4.42. The first kappa shape index (κ1) is 16.0. The van der Waals surface area contributed by atoms with E-state index in [0.717, 1.165) is 22.6 Å². The number of fused-ring (bicyclic) bond motifs is 1. The molecule has 2 atom stereocenters. The molecule has 4 rings (SSSR count). The van der Waals surface area contributed by atoms with Crippen molar-refractivity contribution in [1.29, 1.82) is 0 Å². The molecule has 0 saturated carbocycles. The minimum atomic E-state index is -0.351. The average molecular weight is 340 g/mol. The third kappa shape index (κ3) is 2.97. The molecule has 2 N–H and O–H groups in total. The molecule has 0 radical (unpaired) electrons. The Kier molecular flexibility index (Phi) is 4.35. The molecule has 2 aromatic heterocycles. The van der Waals surface area contributed by atoms with Gasteiger partial charge in [-0.25, -0.2) is 9.97 Å². The quantitative estimate of drug-likeness (QED) is 0.736. The lowest BCUT2D eigenvalue weighted by Gasteiger charge is -2.37. The van der Waals surface area contributed by atoms with Crippen LogP contribution in [0.3, 0.4) is 0 Å². The monoisotopic (exact) mass is 340 g/mol. The summed E-state index contributed by atoms with van der Waals surface area (Å²) >= 11 is 0. The van der Waals surface area contributed by atoms with Gasteiger partial charge in [0.2, 0.25) is 0 Å². The second-order valence-electron chi connectivity index (χ2n) is 6.12. The molecule has 7 nitrogen and oxygen atoms in total. The minimum Gasteiger partial charge on any atom is -0.394 e. The molecule has 1 saturated heterocycles. The second-order valence-corrected chi connectivity index (χ2v) is 6.12. The first-order valence-corrected chi connectivity index (χ1v) is 8.29. The number of imidazole rings is 1. The zero-order valence-electron chi connectivity index (χ0n) is 13.7. The Labute approximate surface area is 145 Å². The highest BCUT2D eigenvalue weighted by atomic mass is 16.5. The van der Waals surface area contributed by atoms with Crippen molar-refractivity contribution in [1.82, 2.24) is 14.4 Å². The molecule has 3 heterocycles. The summed E-state index contributed by atoms with van der Waals surface area (Å²) in [5.41, 5.74) is 2.78. The summed E-state index contributed by atoms with van der Waals surface area (Å²) in [5.74, 6) is 0.777. The molecule has 0 aliphatic carbocycles. The lowest BCUT2D eigenvalue weighted by molar-refractivity contribution is -0.0700. The molecule has 130 valence electrons. The number of hydrogen-bond donors (Lipinski definition) is 2. The number of hydrogen-bond acceptors (Lipinski definition) is 6. The maximum Gasteiger partial charge on any atom is 0.155 e. The van der Waals surface area contributed by atoms with E-state index in [4.69, 9.17) is 4.74 Å². The number of aliphatic hydroxyl groups excluding tert-OH is 2. The van der Waals surface area contributed by atoms with Crippen LogP contribution in [0.5, 0.6) is 0 Å². The Bertz CT molecular complexity index is 840. The number of benzene rings is 1. The van der Waals surface area contributed by atoms with Crippen LogP contribution in [0.15, 0.2) is 49.1 Å². The van der Waals surface area contributed by atoms with E-state index in [2.05, 4.69) is 14.9 Å². The van der Waals surface area contributed by atoms with Gasteiger partial charge in [-0.05, 0) is 0 Å². The third-order valence-electron chi connectivity index (χ3n) is 4.42. The van der Waals surface area contributed by atoms with Crippen LogP contribution in [-0.4, -0.2) is 63.1 Å². The maximum atomic E-state index is 9.50. The van der Waals surface area contributed by atoms with Gasteiger partial charge in [-0.15, -0.1) is 0 Å². The number of nitrogens with zero attached hydrogens (tertiary/aromatic N) is 4. The Balaban J connectivity index is 1.80. The van der Waals surface area contributed by atoms with Crippen LogP contribution >= 0.6 is 0 Å². The summed E-state index contributed by atoms with van der Waals surface area (Å²) in [6, 6.07) is 9.97. The molecule has 0 spiro atoms. The van der Waals surface area contributed by atoms with Crippen LogP contribution in [0.25, 0.3) is 16.8 Å². The molecule has 0 unspecified atom stereocenters. The zero-order valence-corrected chi connectivity index (χ0v) is 13.7. The standard InChI is InChI=1S/C18H20N4O3/c23-10-14-8-22(9-15(11-24)25-14)18-17-16(13-4-2-1-3-5-13)20-12-21(17)7-6-19-18/h1-7,12,14-15,23-24H,8-11H2/t14-,15-/m1/s1. The van der Waals surface area contributed by atoms with Gasteiger partial charge in [-0.2, -0.15) is 0 Å². The van der Waals surface area contributed by atoms with Gasteiger partial charge in [-0.1, -0.05) is 30.3 Å². The first-order valence-electron chi connectivity index (χ1n) is 8.29. The molecule has 1 aliphatic rings. The number of aromatic nitrogens is 3. The van der Waals surface area contributed by atoms with Crippen LogP contribution in [0, 0.1) is 0 Å². The molecular weight excluding hydrogens is 320 g/mol. The van der Waals surface area contributed by atoms with Crippen molar-refractivity contribution in [3.05, 3.63) is 49.1 Å². The van der Waals surface area contributed by atoms with Crippen LogP contribution in [0.4, 0.5) is 5.82 Å². The fourth-order valence-corrected chi connectivity index (χ4v) is 3.27. The van der Waals surface area contributed by atoms with Crippen molar-refractivity contribution >= 4 is 11.3 Å². The van der Waals surface area contributed by atoms with Gasteiger partial charge in [-0.3, -0.25) is 0 Å². The highest BCUT2D eigenvalue weighted by molar-refractivity contribution is 5.86. The summed E-state index contributed by atoms with van der Waals surface area (Å²) in [6.45, 7) is 0.833. The van der Waals surface area contributed by atoms with Gasteiger partial charge in [0.15, 0.2) is 5.82 Å². The van der Waals surface area contributed by atoms with E-state index in [-0.39, 0.29) is 25.4 Å². The zero-order chi connectivity index (χ0) is 17.2. The van der Waals surface area contributed by atoms with Crippen molar-refractivity contribution in [2.24, 2.45) is 0 Å². The van der Waals surface area contributed by atoms with E-state index in [0.29, 0.717) is 13.1 Å². The Morgan fingerprint density at radius 3 is 2.44 bits per heavy atom. The van der Waals surface area contributed by atoms with Crippen LogP contribution in [0.1, 0.15) is 0 Å². The molecule has 1 fully saturated rings. The number of ether oxygens (including phenoxy) is 1. The highest BCUT2D eigenvalue weighted by Gasteiger charge is 2.29. The van der Waals surface area contributed by atoms with E-state index in [1.54, 1.807) is 12.5 Å². The van der Waals surface area contributed by atoms with Gasteiger partial charge in [0.05, 0.1) is 31.1 Å². The van der Waals surface area contributed by atoms with Gasteiger partial charge >= 0.3 is 0 Å². The van der Waals surface area contributed by atoms with Crippen LogP contribution < -0.4 is 4.90 Å². The molecule has 1 aromatic carbocycles. The smallest absolute Gasteiger partial charge is 0.155 e. The lowest BCUT2D eigenvalue weighted by Crippen LogP contribution is -2.50. The number of aliphatic hydroxyl groups is 2. The predicted octanol–water partition coefficient (Wildman–Crippen LogP) is 0.955. The van der Waals surface area contributed by atoms with E-state index >= 15 is 0 Å². The second kappa shape index (κ2) is 6.79. The van der Waals surface area contributed by atoms with Gasteiger partial charge < -0.3 is 24.3 Å². The molecule has 7 heteroatoms. The average Bonchev–Trinajstić information content (AvgIpc) is 3.12. The van der Waals surface area contributed by atoms with Gasteiger partial charge in [0.25, 0.3) is 0 Å². The molecule has 1 aliphatic heterocycles. The van der Waals surface area contributed by atoms with E-state index in [1.165, 1.54) is 0 Å². The Morgan fingerprint density at radius 2 is 1.76 bits per heavy atom. The SMILES string of the molecule is OC[C@H]1CN(c2nccn3cnc(-c4ccccc4)c23)C[C@H](CO)O1. The van der Waals surface area contributed by atoms with Crippen LogP contribution in [0.2, 0.25) is 0 Å². The van der Waals surface area contributed by atoms with Gasteiger partial charge in [0.1, 0.15) is 11.8 Å². The summed E-state index contributed by atoms with van der Waals surface area (Å²) in [6.07, 6.45) is 4.67. The van der Waals surface area contributed by atoms with Crippen molar-refractivity contribution in [3.63, 3.8) is 0 Å². The Morgan fingerprint density at radius 1 is 1.04 bits per heavy atom. The number of rotatable bonds is 4.